The molecule has 0 amide bonds. The van der Waals surface area contributed by atoms with Gasteiger partial charge in [-0.15, -0.1) is 0 Å². The van der Waals surface area contributed by atoms with Crippen molar-refractivity contribution >= 4 is 40.0 Å². The van der Waals surface area contributed by atoms with E-state index >= 15 is 0 Å². The van der Waals surface area contributed by atoms with E-state index in [0.29, 0.717) is 5.75 Å². The third-order valence-electron chi connectivity index (χ3n) is 8.08. The second kappa shape index (κ2) is 41.0. The van der Waals surface area contributed by atoms with Crippen LogP contribution < -0.4 is 0 Å². The average Bonchev–Trinajstić information content (AvgIpc) is 3.00. The van der Waals surface area contributed by atoms with Gasteiger partial charge >= 0.3 is 40.0 Å². The van der Waals surface area contributed by atoms with Crippen LogP contribution >= 0.6 is 0 Å². The van der Waals surface area contributed by atoms with Crippen molar-refractivity contribution in [3.63, 3.8) is 0 Å². The molecular formula is C38H75NaO6S. The van der Waals surface area contributed by atoms with Crippen LogP contribution in [0.4, 0.5) is 0 Å². The van der Waals surface area contributed by atoms with Crippen LogP contribution in [-0.4, -0.2) is 65.4 Å². The molecule has 0 aliphatic carbocycles. The van der Waals surface area contributed by atoms with Gasteiger partial charge in [-0.05, 0) is 37.3 Å². The molecule has 8 heteroatoms. The Morgan fingerprint density at radius 1 is 0.500 bits per heavy atom. The van der Waals surface area contributed by atoms with E-state index in [2.05, 4.69) is 20.8 Å². The van der Waals surface area contributed by atoms with Crippen molar-refractivity contribution in [2.75, 3.05) is 13.2 Å². The maximum atomic E-state index is 9.55. The Labute approximate surface area is 308 Å². The molecule has 0 fully saturated rings. The van der Waals surface area contributed by atoms with E-state index in [0.717, 1.165) is 25.2 Å². The molecule has 0 spiro atoms. The molecule has 0 atom stereocenters. The number of phenolic OH excluding ortho intramolecular Hbond substituents is 1. The Balaban J connectivity index is -0.000000741. The molecule has 0 saturated heterocycles. The van der Waals surface area contributed by atoms with Crippen LogP contribution in [0.3, 0.4) is 0 Å². The van der Waals surface area contributed by atoms with Gasteiger partial charge in [0.2, 0.25) is 0 Å². The van der Waals surface area contributed by atoms with Crippen LogP contribution in [-0.2, 0) is 21.6 Å². The second-order valence-electron chi connectivity index (χ2n) is 12.6. The number of hydrogen-bond acceptors (Lipinski definition) is 4. The van der Waals surface area contributed by atoms with Gasteiger partial charge in [0.25, 0.3) is 0 Å². The van der Waals surface area contributed by atoms with E-state index in [4.69, 9.17) is 22.3 Å². The molecule has 0 unspecified atom stereocenters. The van der Waals surface area contributed by atoms with Gasteiger partial charge in [0.1, 0.15) is 5.75 Å². The predicted molar refractivity (Wildman–Crippen MR) is 201 cm³/mol. The summed E-state index contributed by atoms with van der Waals surface area (Å²) in [6.45, 7) is 8.81. The van der Waals surface area contributed by atoms with Gasteiger partial charge in [-0.1, -0.05) is 187 Å². The number of rotatable bonds is 29. The number of aryl methyl sites for hydroxylation is 1. The minimum atomic E-state index is -4.67. The summed E-state index contributed by atoms with van der Waals surface area (Å²) in [5.74, 6) is 0.450. The number of benzene rings is 1. The SMILES string of the molecule is CCCCCCCCCCCCOCCCCCCCCCCCC.CCCCCCCCc1ccccc1O.O=S(=O)(O)O.[NaH]. The Morgan fingerprint density at radius 2 is 0.783 bits per heavy atom. The molecule has 46 heavy (non-hydrogen) atoms. The third kappa shape index (κ3) is 48.2. The fourth-order valence-electron chi connectivity index (χ4n) is 5.30. The summed E-state index contributed by atoms with van der Waals surface area (Å²) < 4.78 is 37.4. The third-order valence-corrected chi connectivity index (χ3v) is 8.08. The summed E-state index contributed by atoms with van der Waals surface area (Å²) in [6, 6.07) is 7.65. The van der Waals surface area contributed by atoms with Crippen LogP contribution in [0.25, 0.3) is 0 Å². The van der Waals surface area contributed by atoms with Crippen LogP contribution in [0.1, 0.15) is 193 Å². The van der Waals surface area contributed by atoms with Gasteiger partial charge in [0, 0.05) is 13.2 Å². The molecule has 1 aromatic rings. The van der Waals surface area contributed by atoms with Gasteiger partial charge in [-0.2, -0.15) is 8.42 Å². The Hall–Kier alpha value is -0.150. The molecule has 0 saturated carbocycles. The summed E-state index contributed by atoms with van der Waals surface area (Å²) in [4.78, 5) is 0. The number of unbranched alkanes of at least 4 members (excludes halogenated alkanes) is 23. The molecular weight excluding hydrogens is 607 g/mol. The quantitative estimate of drug-likeness (QED) is 0.0441. The Morgan fingerprint density at radius 3 is 1.11 bits per heavy atom. The van der Waals surface area contributed by atoms with Gasteiger partial charge in [0.05, 0.1) is 0 Å². The standard InChI is InChI=1S/C24H50O.C14H22O.Na.H2O4S.H/c1-3-5-7-9-11-13-15-17-19-21-23-25-24-22-20-18-16-14-12-10-8-6-4-2;1-2-3-4-5-6-7-10-13-11-8-9-12-14(13)15;;1-5(2,3)4;/h3-24H2,1-2H3;8-9,11-12,15H,2-7,10H2,1H3;;(H2,1,2,3,4);. The number of para-hydroxylation sites is 1. The summed E-state index contributed by atoms with van der Waals surface area (Å²) >= 11 is 0. The molecule has 0 aliphatic rings. The molecule has 0 heterocycles. The Bertz CT molecular complexity index is 776. The predicted octanol–water partition coefficient (Wildman–Crippen LogP) is 11.8. The van der Waals surface area contributed by atoms with Crippen LogP contribution in [0.5, 0.6) is 5.75 Å². The number of ether oxygens (including phenoxy) is 1. The molecule has 3 N–H and O–H groups in total. The average molecular weight is 683 g/mol. The summed E-state index contributed by atoms with van der Waals surface area (Å²) in [6.07, 6.45) is 37.0. The molecule has 0 radical (unpaired) electrons. The monoisotopic (exact) mass is 683 g/mol. The number of aromatic hydroxyl groups is 1. The first-order valence-corrected chi connectivity index (χ1v) is 20.2. The molecule has 270 valence electrons. The van der Waals surface area contributed by atoms with Gasteiger partial charge < -0.3 is 9.84 Å². The Kier molecular flexibility index (Phi) is 44.8. The van der Waals surface area contributed by atoms with Crippen molar-refractivity contribution in [1.29, 1.82) is 0 Å². The zero-order valence-electron chi connectivity index (χ0n) is 29.8. The first kappa shape index (κ1) is 50.2. The minimum absolute atomic E-state index is 0. The van der Waals surface area contributed by atoms with E-state index in [-0.39, 0.29) is 29.6 Å². The maximum absolute atomic E-state index is 9.55. The fraction of sp³-hybridized carbons (Fsp3) is 0.842. The second-order valence-corrected chi connectivity index (χ2v) is 13.5. The van der Waals surface area contributed by atoms with E-state index in [1.807, 2.05) is 18.2 Å². The van der Waals surface area contributed by atoms with E-state index in [1.165, 1.54) is 167 Å². The first-order valence-electron chi connectivity index (χ1n) is 18.8. The number of hydrogen-bond donors (Lipinski definition) is 3. The van der Waals surface area contributed by atoms with E-state index in [9.17, 15) is 5.11 Å². The zero-order chi connectivity index (χ0) is 33.7. The summed E-state index contributed by atoms with van der Waals surface area (Å²) in [7, 11) is -4.67. The van der Waals surface area contributed by atoms with Crippen molar-refractivity contribution in [2.24, 2.45) is 0 Å². The van der Waals surface area contributed by atoms with Gasteiger partial charge in [-0.3, -0.25) is 9.11 Å². The van der Waals surface area contributed by atoms with Gasteiger partial charge in [-0.25, -0.2) is 0 Å². The fourth-order valence-corrected chi connectivity index (χ4v) is 5.30. The van der Waals surface area contributed by atoms with E-state index in [1.54, 1.807) is 6.07 Å². The van der Waals surface area contributed by atoms with Crippen molar-refractivity contribution in [2.45, 2.75) is 194 Å². The zero-order valence-corrected chi connectivity index (χ0v) is 30.6. The molecule has 0 aromatic heterocycles. The van der Waals surface area contributed by atoms with Crippen LogP contribution in [0.15, 0.2) is 24.3 Å². The van der Waals surface area contributed by atoms with Crippen molar-refractivity contribution < 1.29 is 27.4 Å². The molecule has 1 rings (SSSR count). The van der Waals surface area contributed by atoms with Crippen molar-refractivity contribution in [1.82, 2.24) is 0 Å². The number of phenols is 1. The van der Waals surface area contributed by atoms with Crippen LogP contribution in [0.2, 0.25) is 0 Å². The summed E-state index contributed by atoms with van der Waals surface area (Å²) in [5.41, 5.74) is 1.09. The first-order chi connectivity index (χ1) is 21.8. The molecule has 0 aliphatic heterocycles. The molecule has 6 nitrogen and oxygen atoms in total. The molecule has 1 aromatic carbocycles. The van der Waals surface area contributed by atoms with E-state index < -0.39 is 10.4 Å². The summed E-state index contributed by atoms with van der Waals surface area (Å²) in [5, 5.41) is 9.55. The molecule has 0 bridgehead atoms. The van der Waals surface area contributed by atoms with Crippen molar-refractivity contribution in [3.8, 4) is 5.75 Å². The topological polar surface area (TPSA) is 104 Å². The van der Waals surface area contributed by atoms with Crippen molar-refractivity contribution in [3.05, 3.63) is 29.8 Å². The normalized spacial score (nSPS) is 10.8. The van der Waals surface area contributed by atoms with Crippen LogP contribution in [0, 0.1) is 0 Å². The van der Waals surface area contributed by atoms with Gasteiger partial charge in [0.15, 0.2) is 0 Å².